The van der Waals surface area contributed by atoms with E-state index in [0.717, 1.165) is 42.4 Å². The minimum absolute atomic E-state index is 0.412. The molecule has 8 heteroatoms. The Balaban J connectivity index is 1.38. The maximum Gasteiger partial charge on any atom is 0.234 e. The number of hydrogen-bond acceptors (Lipinski definition) is 6. The second kappa shape index (κ2) is 9.78. The summed E-state index contributed by atoms with van der Waals surface area (Å²) in [6.45, 7) is 4.68. The summed E-state index contributed by atoms with van der Waals surface area (Å²) < 4.78 is 11.3. The zero-order chi connectivity index (χ0) is 21.6. The molecule has 2 aromatic heterocycles. The highest BCUT2D eigenvalue weighted by molar-refractivity contribution is 7.80. The van der Waals surface area contributed by atoms with Crippen molar-refractivity contribution in [1.82, 2.24) is 15.3 Å². The lowest BCUT2D eigenvalue weighted by Crippen LogP contribution is -2.35. The first-order valence-corrected chi connectivity index (χ1v) is 10.9. The van der Waals surface area contributed by atoms with Gasteiger partial charge in [-0.25, -0.2) is 0 Å². The summed E-state index contributed by atoms with van der Waals surface area (Å²) in [4.78, 5) is 11.3. The second-order valence-corrected chi connectivity index (χ2v) is 8.13. The molecule has 7 nitrogen and oxygen atoms in total. The van der Waals surface area contributed by atoms with Gasteiger partial charge in [-0.15, -0.1) is 0 Å². The van der Waals surface area contributed by atoms with Crippen LogP contribution < -0.4 is 20.3 Å². The molecule has 0 aliphatic carbocycles. The summed E-state index contributed by atoms with van der Waals surface area (Å²) in [5, 5.41) is 6.63. The average Bonchev–Trinajstić information content (AvgIpc) is 3.27. The van der Waals surface area contributed by atoms with E-state index in [1.54, 1.807) is 7.11 Å². The molecule has 1 fully saturated rings. The largest absolute Gasteiger partial charge is 0.481 e. The molecule has 0 radical (unpaired) electrons. The number of rotatable bonds is 6. The van der Waals surface area contributed by atoms with Gasteiger partial charge in [0, 0.05) is 24.7 Å². The molecule has 1 atom stereocenters. The quantitative estimate of drug-likeness (QED) is 0.547. The molecule has 0 bridgehead atoms. The molecule has 31 heavy (non-hydrogen) atoms. The van der Waals surface area contributed by atoms with Crippen molar-refractivity contribution in [2.45, 2.75) is 26.3 Å². The van der Waals surface area contributed by atoms with E-state index in [0.29, 0.717) is 29.4 Å². The topological polar surface area (TPSA) is 75.5 Å². The van der Waals surface area contributed by atoms with E-state index in [9.17, 15) is 0 Å². The second-order valence-electron chi connectivity index (χ2n) is 7.73. The molecular weight excluding hydrogens is 410 g/mol. The highest BCUT2D eigenvalue weighted by Crippen LogP contribution is 2.25. The number of furan rings is 1. The van der Waals surface area contributed by atoms with Gasteiger partial charge in [0.15, 0.2) is 5.11 Å². The molecule has 1 saturated heterocycles. The van der Waals surface area contributed by atoms with Crippen LogP contribution in [0.5, 0.6) is 5.88 Å². The van der Waals surface area contributed by atoms with E-state index in [2.05, 4.69) is 32.4 Å². The molecule has 1 aliphatic heterocycles. The maximum absolute atomic E-state index is 5.91. The maximum atomic E-state index is 5.91. The Morgan fingerprint density at radius 1 is 1.23 bits per heavy atom. The summed E-state index contributed by atoms with van der Waals surface area (Å²) in [6.07, 6.45) is 2.40. The highest BCUT2D eigenvalue weighted by Gasteiger charge is 2.19. The Labute approximate surface area is 187 Å². The van der Waals surface area contributed by atoms with Crippen LogP contribution in [0.3, 0.4) is 0 Å². The molecule has 1 aliphatic rings. The van der Waals surface area contributed by atoms with Gasteiger partial charge in [0.25, 0.3) is 0 Å². The third-order valence-electron chi connectivity index (χ3n) is 5.25. The molecule has 3 aromatic rings. The summed E-state index contributed by atoms with van der Waals surface area (Å²) in [5.74, 6) is 4.03. The van der Waals surface area contributed by atoms with Crippen molar-refractivity contribution in [3.63, 3.8) is 0 Å². The van der Waals surface area contributed by atoms with Crippen molar-refractivity contribution in [3.05, 3.63) is 54.3 Å². The zero-order valence-corrected chi connectivity index (χ0v) is 18.6. The average molecular weight is 438 g/mol. The first kappa shape index (κ1) is 21.1. The first-order chi connectivity index (χ1) is 15.1. The molecule has 1 aromatic carbocycles. The van der Waals surface area contributed by atoms with Gasteiger partial charge >= 0.3 is 0 Å². The van der Waals surface area contributed by atoms with Gasteiger partial charge in [-0.2, -0.15) is 9.97 Å². The molecule has 4 rings (SSSR count). The lowest BCUT2D eigenvalue weighted by molar-refractivity contribution is 0.396. The van der Waals surface area contributed by atoms with Crippen LogP contribution in [0.1, 0.15) is 25.5 Å². The summed E-state index contributed by atoms with van der Waals surface area (Å²) in [7, 11) is 1.60. The summed E-state index contributed by atoms with van der Waals surface area (Å²) in [6, 6.07) is 15.8. The van der Waals surface area contributed by atoms with Crippen molar-refractivity contribution in [1.29, 1.82) is 0 Å². The number of anilines is 2. The van der Waals surface area contributed by atoms with Gasteiger partial charge in [-0.3, -0.25) is 0 Å². The minimum atomic E-state index is 0.412. The van der Waals surface area contributed by atoms with E-state index >= 15 is 0 Å². The monoisotopic (exact) mass is 437 g/mol. The Morgan fingerprint density at radius 2 is 2.06 bits per heavy atom. The van der Waals surface area contributed by atoms with Gasteiger partial charge in [0.2, 0.25) is 11.8 Å². The number of benzene rings is 1. The number of methoxy groups -OCH3 is 1. The van der Waals surface area contributed by atoms with Crippen LogP contribution in [0.4, 0.5) is 11.8 Å². The molecule has 3 heterocycles. The van der Waals surface area contributed by atoms with Crippen molar-refractivity contribution >= 4 is 29.1 Å². The zero-order valence-electron chi connectivity index (χ0n) is 17.8. The van der Waals surface area contributed by atoms with Crippen LogP contribution in [0.2, 0.25) is 0 Å². The van der Waals surface area contributed by atoms with Crippen molar-refractivity contribution in [2.75, 3.05) is 30.4 Å². The fraction of sp³-hybridized carbons (Fsp3) is 0.348. The number of nitrogens with one attached hydrogen (secondary N) is 2. The van der Waals surface area contributed by atoms with Crippen LogP contribution in [-0.4, -0.2) is 35.3 Å². The standard InChI is InChI=1S/C23H27N5O2S/c1-16-7-6-12-28(15-16)20-13-21(29-2)26-22(25-20)27-23(31)24-14-18-10-11-19(30-18)17-8-4-3-5-9-17/h3-5,8-11,13,16H,6-7,12,14-15H2,1-2H3,(H2,24,25,26,27,31)/t16-/m1/s1. The van der Waals surface area contributed by atoms with E-state index in [1.807, 2.05) is 48.5 Å². The van der Waals surface area contributed by atoms with Gasteiger partial charge in [0.1, 0.15) is 17.3 Å². The van der Waals surface area contributed by atoms with Crippen LogP contribution >= 0.6 is 12.2 Å². The molecular formula is C23H27N5O2S. The number of nitrogens with zero attached hydrogens (tertiary/aromatic N) is 3. The van der Waals surface area contributed by atoms with Crippen molar-refractivity contribution < 1.29 is 9.15 Å². The Kier molecular flexibility index (Phi) is 6.66. The van der Waals surface area contributed by atoms with Crippen molar-refractivity contribution in [2.24, 2.45) is 5.92 Å². The van der Waals surface area contributed by atoms with Crippen LogP contribution in [0.15, 0.2) is 52.9 Å². The van der Waals surface area contributed by atoms with Gasteiger partial charge in [-0.05, 0) is 43.1 Å². The Bertz CT molecular complexity index is 1020. The van der Waals surface area contributed by atoms with Gasteiger partial charge in [-0.1, -0.05) is 37.3 Å². The van der Waals surface area contributed by atoms with Crippen LogP contribution in [-0.2, 0) is 6.54 Å². The van der Waals surface area contributed by atoms with E-state index in [1.165, 1.54) is 6.42 Å². The predicted molar refractivity (Wildman–Crippen MR) is 126 cm³/mol. The molecule has 0 saturated carbocycles. The Morgan fingerprint density at radius 3 is 2.84 bits per heavy atom. The lowest BCUT2D eigenvalue weighted by Gasteiger charge is -2.32. The minimum Gasteiger partial charge on any atom is -0.481 e. The highest BCUT2D eigenvalue weighted by atomic mass is 32.1. The van der Waals surface area contributed by atoms with Crippen LogP contribution in [0, 0.1) is 5.92 Å². The molecule has 0 unspecified atom stereocenters. The summed E-state index contributed by atoms with van der Waals surface area (Å²) >= 11 is 5.44. The van der Waals surface area contributed by atoms with E-state index in [-0.39, 0.29) is 0 Å². The number of aromatic nitrogens is 2. The number of ether oxygens (including phenoxy) is 1. The smallest absolute Gasteiger partial charge is 0.234 e. The predicted octanol–water partition coefficient (Wildman–Crippen LogP) is 4.47. The molecule has 0 amide bonds. The van der Waals surface area contributed by atoms with Crippen molar-refractivity contribution in [3.8, 4) is 17.2 Å². The molecule has 162 valence electrons. The third-order valence-corrected chi connectivity index (χ3v) is 5.49. The third kappa shape index (κ3) is 5.52. The fourth-order valence-electron chi connectivity index (χ4n) is 3.68. The molecule has 2 N–H and O–H groups in total. The van der Waals surface area contributed by atoms with Gasteiger partial charge in [0.05, 0.1) is 13.7 Å². The number of hydrogen-bond donors (Lipinski definition) is 2. The number of thiocarbonyl (C=S) groups is 1. The first-order valence-electron chi connectivity index (χ1n) is 10.5. The Hall–Kier alpha value is -3.13. The van der Waals surface area contributed by atoms with Crippen LogP contribution in [0.25, 0.3) is 11.3 Å². The number of piperidine rings is 1. The fourth-order valence-corrected chi connectivity index (χ4v) is 3.84. The van der Waals surface area contributed by atoms with E-state index < -0.39 is 0 Å². The molecule has 0 spiro atoms. The van der Waals surface area contributed by atoms with E-state index in [4.69, 9.17) is 21.4 Å². The summed E-state index contributed by atoms with van der Waals surface area (Å²) in [5.41, 5.74) is 1.04. The lowest BCUT2D eigenvalue weighted by atomic mass is 10.0. The normalized spacial score (nSPS) is 16.1. The SMILES string of the molecule is COc1cc(N2CCC[C@@H](C)C2)nc(NC(=S)NCc2ccc(-c3ccccc3)o2)n1. The van der Waals surface area contributed by atoms with Gasteiger partial charge < -0.3 is 24.7 Å².